The number of hydrogen-bond acceptors (Lipinski definition) is 27. The van der Waals surface area contributed by atoms with Crippen LogP contribution in [0.3, 0.4) is 0 Å². The normalized spacial score (nSPS) is 38.7. The Morgan fingerprint density at radius 1 is 0.447 bits per heavy atom. The predicted molar refractivity (Wildman–Crippen MR) is 496 cm³/mol. The monoisotopic (exact) mass is 1860 g/mol. The average Bonchev–Trinajstić information content (AvgIpc) is 0.780. The summed E-state index contributed by atoms with van der Waals surface area (Å²) in [6, 6.07) is -2.30. The van der Waals surface area contributed by atoms with Crippen LogP contribution in [0.1, 0.15) is 251 Å². The van der Waals surface area contributed by atoms with Crippen molar-refractivity contribution in [3.8, 4) is 0 Å². The smallest absolute Gasteiger partial charge is 0.329 e. The van der Waals surface area contributed by atoms with Gasteiger partial charge < -0.3 is 92.9 Å². The maximum Gasteiger partial charge on any atom is 0.329 e. The van der Waals surface area contributed by atoms with Crippen LogP contribution in [-0.2, 0) is 95.3 Å². The first-order chi connectivity index (χ1) is 62.5. The molecule has 0 radical (unpaired) electrons. The zero-order valence-corrected chi connectivity index (χ0v) is 82.1. The van der Waals surface area contributed by atoms with Gasteiger partial charge in [0.05, 0.1) is 62.0 Å². The number of Topliss-reactive ketones (excluding diaryl/α,β-unsaturated/α-hetero) is 6. The predicted octanol–water partition coefficient (Wildman–Crippen LogP) is 11.7. The first-order valence-corrected chi connectivity index (χ1v) is 48.5. The highest BCUT2D eigenvalue weighted by atomic mass is 16.6. The largest absolute Gasteiger partial charge is 0.460 e. The van der Waals surface area contributed by atoms with Crippen molar-refractivity contribution in [3.05, 3.63) is 95.2 Å². The van der Waals surface area contributed by atoms with Crippen LogP contribution in [0.5, 0.6) is 0 Å². The Bertz CT molecular complexity index is 4050. The Hall–Kier alpha value is -6.78. The van der Waals surface area contributed by atoms with Crippen LogP contribution < -0.4 is 0 Å². The second-order valence-corrected chi connectivity index (χ2v) is 39.5. The Morgan fingerprint density at radius 2 is 0.833 bits per heavy atom. The minimum atomic E-state index is -2.48. The van der Waals surface area contributed by atoms with Gasteiger partial charge in [-0.1, -0.05) is 142 Å². The number of allylic oxidation sites excluding steroid dienone is 12. The van der Waals surface area contributed by atoms with Gasteiger partial charge in [0.25, 0.3) is 23.4 Å². The molecule has 2 saturated carbocycles. The number of ketones is 6. The van der Waals surface area contributed by atoms with Gasteiger partial charge in [0, 0.05) is 110 Å². The second kappa shape index (κ2) is 53.8. The topological polar surface area (TPSA) is 411 Å². The van der Waals surface area contributed by atoms with Crippen molar-refractivity contribution in [2.45, 2.75) is 360 Å². The summed E-state index contributed by atoms with van der Waals surface area (Å²) in [5, 5.41) is 77.4. The Morgan fingerprint density at radius 3 is 1.20 bits per heavy atom. The zero-order chi connectivity index (χ0) is 97.8. The van der Waals surface area contributed by atoms with Crippen LogP contribution in [0.15, 0.2) is 95.2 Å². The number of aliphatic hydroxyl groups excluding tert-OH is 5. The van der Waals surface area contributed by atoms with Crippen LogP contribution >= 0.6 is 0 Å². The summed E-state index contributed by atoms with van der Waals surface area (Å²) >= 11 is 0. The maximum absolute atomic E-state index is 14.4. The molecule has 29 nitrogen and oxygen atoms in total. The van der Waals surface area contributed by atoms with Crippen molar-refractivity contribution in [1.82, 2.24) is 9.80 Å². The van der Waals surface area contributed by atoms with Crippen LogP contribution in [0.25, 0.3) is 0 Å². The summed E-state index contributed by atoms with van der Waals surface area (Å²) in [4.78, 5) is 144. The third-order valence-electron chi connectivity index (χ3n) is 29.1. The summed E-state index contributed by atoms with van der Waals surface area (Å²) in [6.45, 7) is 25.1. The van der Waals surface area contributed by atoms with Gasteiger partial charge in [0.1, 0.15) is 60.3 Å². The molecule has 6 fully saturated rings. The van der Waals surface area contributed by atoms with Gasteiger partial charge >= 0.3 is 11.9 Å². The number of cyclic esters (lactones) is 2. The fourth-order valence-electron chi connectivity index (χ4n) is 20.3. The molecule has 0 spiro atoms. The summed E-state index contributed by atoms with van der Waals surface area (Å²) < 4.78 is 58.9. The number of nitrogens with zero attached hydrogens (tertiary/aromatic N) is 2. The van der Waals surface area contributed by atoms with Gasteiger partial charge in [-0.2, -0.15) is 0 Å². The molecule has 8 rings (SSSR count). The molecular weight excluding hydrogens is 1700 g/mol. The molecule has 7 N–H and O–H groups in total. The molecule has 2 amide bonds. The number of aliphatic hydroxyl groups is 7. The van der Waals surface area contributed by atoms with Crippen LogP contribution in [0.2, 0.25) is 0 Å². The number of fused-ring (bicyclic) bond motifs is 6. The lowest BCUT2D eigenvalue weighted by molar-refractivity contribution is -0.266. The molecule has 4 bridgehead atoms. The van der Waals surface area contributed by atoms with E-state index in [9.17, 15) is 83.7 Å². The van der Waals surface area contributed by atoms with E-state index in [2.05, 4.69) is 0 Å². The quantitative estimate of drug-likeness (QED) is 0.0482. The number of carbonyl (C=O) groups excluding carboxylic acids is 10. The highest BCUT2D eigenvalue weighted by molar-refractivity contribution is 6.39. The summed E-state index contributed by atoms with van der Waals surface area (Å²) in [7, 11) is 7.45. The summed E-state index contributed by atoms with van der Waals surface area (Å²) in [5.74, 6) is -16.2. The number of rotatable bonds is 14. The molecule has 6 aliphatic heterocycles. The van der Waals surface area contributed by atoms with Gasteiger partial charge in [0.15, 0.2) is 11.6 Å². The van der Waals surface area contributed by atoms with Gasteiger partial charge in [-0.25, -0.2) is 9.59 Å². The standard InChI is InChI=1S/C52H81NO14.C51H79NO13/c1-31-15-11-10-12-16-32(2)43(65-24-23-54)29-39-20-18-37(7)52(62,67-39)49(59)50(60)53-22-14-13-17-40(53)51(61)66-44(34(4)27-38-19-21-41(55)45(28-38)63-8)30-42(56)33(3)26-36(6)47(58)48(64-9)46(57)35(5)25-31;1-30-16-12-11-13-17-31(2)42(61-8)28-38-21-19-36(7)51(60,65-38)48(57)49(58)52-23-15-14-18-39(52)50(59)64-43(33(4)26-37-20-22-40(53)44(27-37)62-9)29-41(54)32(3)25-35(6)46(56)47(63-10)45(55)34(5)24-30/h10-12,15-16,26,31,33-35,37-41,43-45,47-48,54-55,58,62H,13-14,17-25,27-30H2,1-9H3;11-13,16-17,25,30,32-34,36-40,42-44,46-47,53,56,60H,14-15,18-24,26-29H2,1-10H3/b12-10?,15-11+,32-16?,36-26+;13-11?,16-12+,31-17?,35-25+/t31-,33-,34-,35-,37-,38+,39+,40+,41-,43?,44+,45-,47-,48+,52-;30-,32-,33-,34-,36-,37+,38+,39+,40-,42+,43+,44-,46-,47+,51-/m11/s1. The van der Waals surface area contributed by atoms with Gasteiger partial charge in [-0.05, 0) is 214 Å². The number of hydrogen-bond donors (Lipinski definition) is 7. The van der Waals surface area contributed by atoms with Crippen molar-refractivity contribution in [3.63, 3.8) is 0 Å². The van der Waals surface area contributed by atoms with Crippen molar-refractivity contribution < 1.29 is 131 Å². The number of carbonyl (C=O) groups is 10. The number of piperidine rings is 2. The Kier molecular flexibility index (Phi) is 45.7. The van der Waals surface area contributed by atoms with Crippen LogP contribution in [0.4, 0.5) is 0 Å². The second-order valence-electron chi connectivity index (χ2n) is 39.5. The zero-order valence-electron chi connectivity index (χ0n) is 82.1. The Balaban J connectivity index is 0.000000361. The number of amides is 2. The molecule has 0 aromatic rings. The van der Waals surface area contributed by atoms with E-state index in [4.69, 9.17) is 47.4 Å². The molecule has 744 valence electrons. The first kappa shape index (κ1) is 112. The molecule has 6 heterocycles. The maximum atomic E-state index is 14.4. The SMILES string of the molecule is CO[C@@H]1C[C@H](C[C@@H](C)[C@@H]2CC(=O)[C@H](C)/C=C(\C)[C@@H](O)[C@@H](OC)C(=O)[C@H](C)C[C@H](C)/C=C/C=CC=C(C)C(OCCO)C[C@@H]3CC[C@@H](C)[C@@](O)(O3)C(=O)C(=O)N3CCCC[C@H]3C(=O)O2)CC[C@H]1O.CO[C@H]1C[C@@H]2CC[C@@H](C)[C@@](O)(O2)C(=O)C(=O)N2CCCC[C@H]2C(=O)O[C@H]([C@H](C)C[C@@H]2CC[C@@H](O)[C@H](OC)C2)CC(=O)[C@H](C)/C=C(\C)[C@@H](O)[C@@H](OC)C(=O)[C@H](C)C[C@H](C)/C=C/C=CC=C1C. The first-order valence-electron chi connectivity index (χ1n) is 48.5. The average molecular weight is 1860 g/mol. The summed E-state index contributed by atoms with van der Waals surface area (Å²) in [5.41, 5.74) is 2.44. The fraction of sp³-hybridized carbons (Fsp3) is 0.748. The van der Waals surface area contributed by atoms with Crippen LogP contribution in [-0.4, -0.2) is 275 Å². The van der Waals surface area contributed by atoms with Crippen LogP contribution in [0, 0.1) is 71.0 Å². The van der Waals surface area contributed by atoms with E-state index in [1.54, 1.807) is 81.9 Å². The molecule has 2 aliphatic carbocycles. The molecule has 1 unspecified atom stereocenters. The van der Waals surface area contributed by atoms with Crippen molar-refractivity contribution in [2.75, 3.05) is 61.9 Å². The third-order valence-corrected chi connectivity index (χ3v) is 29.1. The van der Waals surface area contributed by atoms with E-state index in [-0.39, 0.29) is 129 Å². The van der Waals surface area contributed by atoms with Gasteiger partial charge in [-0.3, -0.25) is 38.4 Å². The highest BCUT2D eigenvalue weighted by Crippen LogP contribution is 2.42. The molecule has 0 aromatic carbocycles. The van der Waals surface area contributed by atoms with Gasteiger partial charge in [-0.15, -0.1) is 0 Å². The number of ether oxygens (including phenoxy) is 10. The minimum absolute atomic E-state index is 0.00947. The highest BCUT2D eigenvalue weighted by Gasteiger charge is 2.56. The van der Waals surface area contributed by atoms with E-state index >= 15 is 0 Å². The molecule has 0 aromatic heterocycles. The minimum Gasteiger partial charge on any atom is -0.460 e. The van der Waals surface area contributed by atoms with E-state index in [1.165, 1.54) is 24.0 Å². The number of esters is 2. The Labute approximate surface area is 783 Å². The molecular formula is C103H160N2O27. The lowest BCUT2D eigenvalue weighted by Gasteiger charge is -2.43. The summed E-state index contributed by atoms with van der Waals surface area (Å²) in [6.07, 6.45) is 21.6. The van der Waals surface area contributed by atoms with Gasteiger partial charge in [0.2, 0.25) is 11.6 Å². The fourth-order valence-corrected chi connectivity index (χ4v) is 20.3. The van der Waals surface area contributed by atoms with Crippen molar-refractivity contribution >= 4 is 58.5 Å². The number of methoxy groups -OCH3 is 5. The molecule has 4 saturated heterocycles. The molecule has 30 atom stereocenters. The van der Waals surface area contributed by atoms with E-state index in [1.807, 2.05) is 109 Å². The molecule has 29 heteroatoms. The molecule has 132 heavy (non-hydrogen) atoms. The van der Waals surface area contributed by atoms with E-state index < -0.39 is 168 Å². The van der Waals surface area contributed by atoms with Crippen molar-refractivity contribution in [1.29, 1.82) is 0 Å². The third kappa shape index (κ3) is 31.1. The van der Waals surface area contributed by atoms with Crippen molar-refractivity contribution in [2.24, 2.45) is 71.0 Å². The molecule has 8 aliphatic rings. The lowest BCUT2D eigenvalue weighted by Crippen LogP contribution is -2.61. The lowest BCUT2D eigenvalue weighted by atomic mass is 9.78. The van der Waals surface area contributed by atoms with E-state index in [0.717, 1.165) is 17.6 Å². The van der Waals surface area contributed by atoms with E-state index in [0.29, 0.717) is 127 Å².